The Bertz CT molecular complexity index is 369. The molecular weight excluding hydrogens is 182 g/mol. The van der Waals surface area contributed by atoms with Gasteiger partial charge in [0.1, 0.15) is 5.82 Å². The molecule has 0 bridgehead atoms. The van der Waals surface area contributed by atoms with Gasteiger partial charge in [0, 0.05) is 26.2 Å². The van der Waals surface area contributed by atoms with E-state index in [1.54, 1.807) is 7.05 Å². The van der Waals surface area contributed by atoms with Gasteiger partial charge in [0.2, 0.25) is 0 Å². The monoisotopic (exact) mass is 194 g/mol. The summed E-state index contributed by atoms with van der Waals surface area (Å²) in [6.07, 6.45) is 2.64. The fraction of sp³-hybridized carbons (Fsp3) is 0.556. The van der Waals surface area contributed by atoms with E-state index < -0.39 is 0 Å². The zero-order valence-electron chi connectivity index (χ0n) is 8.06. The van der Waals surface area contributed by atoms with Crippen molar-refractivity contribution in [3.8, 4) is 0 Å². The minimum absolute atomic E-state index is 0.0820. The van der Waals surface area contributed by atoms with Gasteiger partial charge in [0.15, 0.2) is 6.33 Å². The van der Waals surface area contributed by atoms with Crippen LogP contribution in [0.1, 0.15) is 0 Å². The van der Waals surface area contributed by atoms with Crippen LogP contribution in [0.5, 0.6) is 0 Å². The normalized spacial score (nSPS) is 17.1. The van der Waals surface area contributed by atoms with Gasteiger partial charge in [0.05, 0.1) is 13.2 Å². The lowest BCUT2D eigenvalue weighted by molar-refractivity contribution is 0.122. The van der Waals surface area contributed by atoms with E-state index >= 15 is 0 Å². The molecule has 1 aromatic heterocycles. The average Bonchev–Trinajstić information content (AvgIpc) is 2.23. The molecule has 2 rings (SSSR count). The highest BCUT2D eigenvalue weighted by Crippen LogP contribution is 2.08. The molecule has 1 radical (unpaired) electrons. The second kappa shape index (κ2) is 3.79. The zero-order chi connectivity index (χ0) is 9.97. The molecule has 1 fully saturated rings. The Labute approximate surface area is 81.9 Å². The lowest BCUT2D eigenvalue weighted by Crippen LogP contribution is -2.37. The van der Waals surface area contributed by atoms with Gasteiger partial charge in [-0.2, -0.15) is 0 Å². The molecular formula is C9H12N3O2. The number of anilines is 1. The molecule has 0 aliphatic carbocycles. The molecule has 0 N–H and O–H groups in total. The minimum atomic E-state index is -0.0820. The largest absolute Gasteiger partial charge is 0.378 e. The molecule has 0 atom stereocenters. The molecule has 2 heterocycles. The molecule has 1 aromatic rings. The molecule has 0 amide bonds. The number of rotatable bonds is 1. The molecule has 5 heteroatoms. The SMILES string of the molecule is Cn1[c]nc(N2CCOCC2)cc1=O. The van der Waals surface area contributed by atoms with Gasteiger partial charge >= 0.3 is 0 Å². The number of ether oxygens (including phenoxy) is 1. The molecule has 5 nitrogen and oxygen atoms in total. The second-order valence-electron chi connectivity index (χ2n) is 3.21. The third kappa shape index (κ3) is 1.77. The maximum atomic E-state index is 11.3. The zero-order valence-corrected chi connectivity index (χ0v) is 8.06. The summed E-state index contributed by atoms with van der Waals surface area (Å²) in [7, 11) is 1.64. The summed E-state index contributed by atoms with van der Waals surface area (Å²) in [5.41, 5.74) is -0.0820. The summed E-state index contributed by atoms with van der Waals surface area (Å²) in [6.45, 7) is 2.95. The van der Waals surface area contributed by atoms with E-state index in [9.17, 15) is 4.79 Å². The van der Waals surface area contributed by atoms with Crippen LogP contribution in [0.15, 0.2) is 10.9 Å². The lowest BCUT2D eigenvalue weighted by atomic mass is 10.4. The fourth-order valence-electron chi connectivity index (χ4n) is 1.37. The Hall–Kier alpha value is -1.36. The maximum absolute atomic E-state index is 11.3. The predicted molar refractivity (Wildman–Crippen MR) is 51.3 cm³/mol. The third-order valence-electron chi connectivity index (χ3n) is 2.23. The first-order chi connectivity index (χ1) is 6.77. The first-order valence-corrected chi connectivity index (χ1v) is 4.56. The van der Waals surface area contributed by atoms with Gasteiger partial charge in [-0.25, -0.2) is 4.98 Å². The summed E-state index contributed by atoms with van der Waals surface area (Å²) in [6, 6.07) is 1.53. The second-order valence-corrected chi connectivity index (χ2v) is 3.21. The molecule has 14 heavy (non-hydrogen) atoms. The van der Waals surface area contributed by atoms with Gasteiger partial charge < -0.3 is 9.64 Å². The van der Waals surface area contributed by atoms with Gasteiger partial charge in [-0.1, -0.05) is 0 Å². The van der Waals surface area contributed by atoms with Crippen LogP contribution < -0.4 is 10.5 Å². The molecule has 0 saturated carbocycles. The van der Waals surface area contributed by atoms with Crippen LogP contribution in [0.4, 0.5) is 5.82 Å². The van der Waals surface area contributed by atoms with Crippen molar-refractivity contribution in [1.82, 2.24) is 9.55 Å². The summed E-state index contributed by atoms with van der Waals surface area (Å²) in [5.74, 6) is 0.691. The van der Waals surface area contributed by atoms with Crippen molar-refractivity contribution in [2.45, 2.75) is 0 Å². The number of hydrogen-bond donors (Lipinski definition) is 0. The number of aromatic nitrogens is 2. The number of nitrogens with zero attached hydrogens (tertiary/aromatic N) is 3. The van der Waals surface area contributed by atoms with Crippen LogP contribution in [-0.4, -0.2) is 35.9 Å². The van der Waals surface area contributed by atoms with Crippen molar-refractivity contribution in [1.29, 1.82) is 0 Å². The van der Waals surface area contributed by atoms with Crippen LogP contribution in [0.25, 0.3) is 0 Å². The third-order valence-corrected chi connectivity index (χ3v) is 2.23. The van der Waals surface area contributed by atoms with E-state index in [1.807, 2.05) is 4.90 Å². The molecule has 0 spiro atoms. The van der Waals surface area contributed by atoms with Crippen LogP contribution in [0.3, 0.4) is 0 Å². The van der Waals surface area contributed by atoms with Crippen LogP contribution in [0.2, 0.25) is 0 Å². The first-order valence-electron chi connectivity index (χ1n) is 4.56. The van der Waals surface area contributed by atoms with E-state index in [2.05, 4.69) is 11.3 Å². The topological polar surface area (TPSA) is 47.4 Å². The van der Waals surface area contributed by atoms with E-state index in [0.29, 0.717) is 19.0 Å². The highest BCUT2D eigenvalue weighted by molar-refractivity contribution is 5.36. The Balaban J connectivity index is 2.23. The quantitative estimate of drug-likeness (QED) is 0.600. The minimum Gasteiger partial charge on any atom is -0.378 e. The summed E-state index contributed by atoms with van der Waals surface area (Å²) >= 11 is 0. The van der Waals surface area contributed by atoms with E-state index in [4.69, 9.17) is 4.74 Å². The molecule has 0 unspecified atom stereocenters. The van der Waals surface area contributed by atoms with Gasteiger partial charge in [0.25, 0.3) is 5.56 Å². The fourth-order valence-corrected chi connectivity index (χ4v) is 1.37. The van der Waals surface area contributed by atoms with Crippen molar-refractivity contribution in [3.05, 3.63) is 22.7 Å². The first kappa shape index (κ1) is 9.21. The van der Waals surface area contributed by atoms with Gasteiger partial charge in [-0.15, -0.1) is 0 Å². The van der Waals surface area contributed by atoms with Crippen molar-refractivity contribution in [2.75, 3.05) is 31.2 Å². The van der Waals surface area contributed by atoms with E-state index in [0.717, 1.165) is 13.1 Å². The molecule has 1 aliphatic heterocycles. The molecule has 1 aliphatic rings. The predicted octanol–water partition coefficient (Wildman–Crippen LogP) is -0.583. The van der Waals surface area contributed by atoms with Gasteiger partial charge in [-0.3, -0.25) is 9.36 Å². The van der Waals surface area contributed by atoms with Crippen molar-refractivity contribution in [2.24, 2.45) is 7.05 Å². The summed E-state index contributed by atoms with van der Waals surface area (Å²) in [4.78, 5) is 17.4. The average molecular weight is 194 g/mol. The highest BCUT2D eigenvalue weighted by atomic mass is 16.5. The Morgan fingerprint density at radius 3 is 2.86 bits per heavy atom. The standard InChI is InChI=1S/C9H12N3O2/c1-11-7-10-8(6-9(11)13)12-2-4-14-5-3-12/h6H,2-5H2,1H3. The van der Waals surface area contributed by atoms with E-state index in [-0.39, 0.29) is 5.56 Å². The smallest absolute Gasteiger partial charge is 0.255 e. The summed E-state index contributed by atoms with van der Waals surface area (Å²) in [5, 5.41) is 0. The Morgan fingerprint density at radius 1 is 1.50 bits per heavy atom. The number of hydrogen-bond acceptors (Lipinski definition) is 4. The highest BCUT2D eigenvalue weighted by Gasteiger charge is 2.12. The van der Waals surface area contributed by atoms with Crippen LogP contribution >= 0.6 is 0 Å². The molecule has 1 saturated heterocycles. The summed E-state index contributed by atoms with van der Waals surface area (Å²) < 4.78 is 6.55. The van der Waals surface area contributed by atoms with Gasteiger partial charge in [-0.05, 0) is 0 Å². The van der Waals surface area contributed by atoms with Crippen molar-refractivity contribution < 1.29 is 4.74 Å². The number of morpholine rings is 1. The van der Waals surface area contributed by atoms with Crippen LogP contribution in [-0.2, 0) is 11.8 Å². The molecule has 75 valence electrons. The van der Waals surface area contributed by atoms with Crippen LogP contribution in [0, 0.1) is 6.33 Å². The Morgan fingerprint density at radius 2 is 2.21 bits per heavy atom. The lowest BCUT2D eigenvalue weighted by Gasteiger charge is -2.27. The number of aryl methyl sites for hydroxylation is 1. The molecule has 0 aromatic carbocycles. The van der Waals surface area contributed by atoms with Crippen molar-refractivity contribution in [3.63, 3.8) is 0 Å². The Kier molecular flexibility index (Phi) is 2.49. The maximum Gasteiger partial charge on any atom is 0.255 e. The van der Waals surface area contributed by atoms with Crippen molar-refractivity contribution >= 4 is 5.82 Å². The van der Waals surface area contributed by atoms with E-state index in [1.165, 1.54) is 10.6 Å².